The molecule has 0 aromatic heterocycles. The summed E-state index contributed by atoms with van der Waals surface area (Å²) in [4.78, 5) is 22.5. The van der Waals surface area contributed by atoms with Gasteiger partial charge in [-0.05, 0) is 18.2 Å². The monoisotopic (exact) mass is 273 g/mol. The zero-order valence-corrected chi connectivity index (χ0v) is 10.7. The van der Waals surface area contributed by atoms with E-state index < -0.39 is 29.5 Å². The molecular weight excluding hydrogens is 261 g/mol. The van der Waals surface area contributed by atoms with E-state index in [9.17, 15) is 14.0 Å². The number of nitrogens with one attached hydrogen (secondary N) is 1. The average molecular weight is 274 g/mol. The van der Waals surface area contributed by atoms with Crippen molar-refractivity contribution in [3.05, 3.63) is 29.0 Å². The normalized spacial score (nSPS) is 13.8. The third-order valence-corrected chi connectivity index (χ3v) is 3.05. The van der Waals surface area contributed by atoms with Crippen molar-refractivity contribution < 1.29 is 19.1 Å². The van der Waals surface area contributed by atoms with Gasteiger partial charge in [-0.15, -0.1) is 0 Å². The third kappa shape index (κ3) is 3.43. The molecule has 0 fully saturated rings. The van der Waals surface area contributed by atoms with Crippen LogP contribution in [0, 0.1) is 17.7 Å². The first kappa shape index (κ1) is 14.4. The maximum Gasteiger partial charge on any atom is 0.307 e. The number of aliphatic carboxylic acids is 1. The molecule has 0 heterocycles. The van der Waals surface area contributed by atoms with Crippen molar-refractivity contribution in [3.8, 4) is 0 Å². The fourth-order valence-electron chi connectivity index (χ4n) is 1.28. The van der Waals surface area contributed by atoms with Crippen LogP contribution in [-0.2, 0) is 9.59 Å². The Labute approximate surface area is 109 Å². The van der Waals surface area contributed by atoms with E-state index in [0.29, 0.717) is 0 Å². The summed E-state index contributed by atoms with van der Waals surface area (Å²) in [5.74, 6) is -3.57. The van der Waals surface area contributed by atoms with Crippen molar-refractivity contribution in [2.24, 2.45) is 11.8 Å². The van der Waals surface area contributed by atoms with E-state index in [1.165, 1.54) is 19.9 Å². The molecule has 4 nitrogen and oxygen atoms in total. The van der Waals surface area contributed by atoms with Crippen LogP contribution >= 0.6 is 11.6 Å². The number of carboxylic acid groups (broad SMARTS) is 1. The lowest BCUT2D eigenvalue weighted by Crippen LogP contribution is -2.30. The number of carbonyl (C=O) groups is 2. The lowest BCUT2D eigenvalue weighted by atomic mass is 9.95. The molecule has 98 valence electrons. The van der Waals surface area contributed by atoms with Crippen LogP contribution in [0.25, 0.3) is 0 Å². The van der Waals surface area contributed by atoms with E-state index in [4.69, 9.17) is 16.7 Å². The van der Waals surface area contributed by atoms with Crippen LogP contribution < -0.4 is 5.32 Å². The smallest absolute Gasteiger partial charge is 0.307 e. The predicted octanol–water partition coefficient (Wildman–Crippen LogP) is 2.77. The van der Waals surface area contributed by atoms with E-state index in [0.717, 1.165) is 12.1 Å². The van der Waals surface area contributed by atoms with Gasteiger partial charge < -0.3 is 10.4 Å². The number of hydrogen-bond donors (Lipinski definition) is 2. The number of carbonyl (C=O) groups excluding carboxylic acids is 1. The molecule has 2 unspecified atom stereocenters. The highest BCUT2D eigenvalue weighted by atomic mass is 35.5. The van der Waals surface area contributed by atoms with Crippen molar-refractivity contribution in [1.82, 2.24) is 0 Å². The van der Waals surface area contributed by atoms with Gasteiger partial charge in [0.2, 0.25) is 5.91 Å². The van der Waals surface area contributed by atoms with Gasteiger partial charge in [-0.1, -0.05) is 25.4 Å². The molecular formula is C12H13ClFNO3. The molecule has 0 saturated carbocycles. The van der Waals surface area contributed by atoms with E-state index in [1.807, 2.05) is 0 Å². The summed E-state index contributed by atoms with van der Waals surface area (Å²) < 4.78 is 12.8. The summed E-state index contributed by atoms with van der Waals surface area (Å²) in [7, 11) is 0. The molecule has 6 heteroatoms. The Balaban J connectivity index is 2.78. The van der Waals surface area contributed by atoms with Crippen molar-refractivity contribution >= 4 is 29.2 Å². The van der Waals surface area contributed by atoms with Crippen LogP contribution in [0.2, 0.25) is 5.02 Å². The summed E-state index contributed by atoms with van der Waals surface area (Å²) in [6.45, 7) is 2.95. The van der Waals surface area contributed by atoms with E-state index >= 15 is 0 Å². The first-order chi connectivity index (χ1) is 8.32. The summed E-state index contributed by atoms with van der Waals surface area (Å²) in [6, 6.07) is 3.56. The largest absolute Gasteiger partial charge is 0.481 e. The summed E-state index contributed by atoms with van der Waals surface area (Å²) in [5.41, 5.74) is 0.257. The molecule has 2 atom stereocenters. The summed E-state index contributed by atoms with van der Waals surface area (Å²) in [6.07, 6.45) is 0. The number of carboxylic acids is 1. The Kier molecular flexibility index (Phi) is 4.67. The van der Waals surface area contributed by atoms with Gasteiger partial charge in [0.15, 0.2) is 0 Å². The molecule has 0 spiro atoms. The van der Waals surface area contributed by atoms with E-state index in [2.05, 4.69) is 5.32 Å². The highest BCUT2D eigenvalue weighted by Gasteiger charge is 2.26. The molecule has 1 rings (SSSR count). The van der Waals surface area contributed by atoms with E-state index in [-0.39, 0.29) is 10.7 Å². The highest BCUT2D eigenvalue weighted by molar-refractivity contribution is 6.33. The fraction of sp³-hybridized carbons (Fsp3) is 0.333. The van der Waals surface area contributed by atoms with Crippen molar-refractivity contribution in [3.63, 3.8) is 0 Å². The average Bonchev–Trinajstić information content (AvgIpc) is 2.30. The molecule has 0 aliphatic rings. The lowest BCUT2D eigenvalue weighted by molar-refractivity contribution is -0.145. The van der Waals surface area contributed by atoms with Gasteiger partial charge in [0.1, 0.15) is 5.82 Å². The second kappa shape index (κ2) is 5.82. The fourth-order valence-corrected chi connectivity index (χ4v) is 1.49. The third-order valence-electron chi connectivity index (χ3n) is 2.74. The summed E-state index contributed by atoms with van der Waals surface area (Å²) in [5, 5.41) is 11.3. The van der Waals surface area contributed by atoms with Crippen molar-refractivity contribution in [2.45, 2.75) is 13.8 Å². The molecule has 0 bridgehead atoms. The Bertz CT molecular complexity index is 478. The van der Waals surface area contributed by atoms with Gasteiger partial charge >= 0.3 is 5.97 Å². The Morgan fingerprint density at radius 3 is 2.44 bits per heavy atom. The Morgan fingerprint density at radius 1 is 1.33 bits per heavy atom. The van der Waals surface area contributed by atoms with Crippen molar-refractivity contribution in [1.29, 1.82) is 0 Å². The molecule has 1 aromatic carbocycles. The maximum atomic E-state index is 12.8. The zero-order chi connectivity index (χ0) is 13.9. The lowest BCUT2D eigenvalue weighted by Gasteiger charge is -2.16. The quantitative estimate of drug-likeness (QED) is 0.886. The Hall–Kier alpha value is -1.62. The maximum absolute atomic E-state index is 12.8. The van der Waals surface area contributed by atoms with Crippen molar-refractivity contribution in [2.75, 3.05) is 5.32 Å². The molecule has 2 N–H and O–H groups in total. The van der Waals surface area contributed by atoms with Gasteiger partial charge in [0.25, 0.3) is 0 Å². The molecule has 1 amide bonds. The predicted molar refractivity (Wildman–Crippen MR) is 66.0 cm³/mol. The van der Waals surface area contributed by atoms with Gasteiger partial charge in [0.05, 0.1) is 16.6 Å². The SMILES string of the molecule is CC(C(=O)O)C(C)C(=O)Nc1ccc(F)cc1Cl. The van der Waals surface area contributed by atoms with Gasteiger partial charge in [-0.25, -0.2) is 4.39 Å². The van der Waals surface area contributed by atoms with Crippen LogP contribution in [0.1, 0.15) is 13.8 Å². The Morgan fingerprint density at radius 2 is 1.94 bits per heavy atom. The second-order valence-electron chi connectivity index (χ2n) is 4.03. The minimum Gasteiger partial charge on any atom is -0.481 e. The molecule has 18 heavy (non-hydrogen) atoms. The standard InChI is InChI=1S/C12H13ClFNO3/c1-6(7(2)12(17)18)11(16)15-10-4-3-8(14)5-9(10)13/h3-7H,1-2H3,(H,15,16)(H,17,18). The minimum absolute atomic E-state index is 0.0681. The first-order valence-corrected chi connectivity index (χ1v) is 5.69. The highest BCUT2D eigenvalue weighted by Crippen LogP contribution is 2.24. The molecule has 1 aromatic rings. The number of amides is 1. The number of hydrogen-bond acceptors (Lipinski definition) is 2. The minimum atomic E-state index is -1.05. The molecule has 0 aliphatic carbocycles. The molecule has 0 aliphatic heterocycles. The van der Waals surface area contributed by atoms with Gasteiger partial charge in [-0.2, -0.15) is 0 Å². The number of halogens is 2. The van der Waals surface area contributed by atoms with E-state index in [1.54, 1.807) is 0 Å². The number of rotatable bonds is 4. The van der Waals surface area contributed by atoms with Crippen LogP contribution in [0.4, 0.5) is 10.1 Å². The van der Waals surface area contributed by atoms with Gasteiger partial charge in [0, 0.05) is 5.92 Å². The van der Waals surface area contributed by atoms with Crippen LogP contribution in [0.15, 0.2) is 18.2 Å². The molecule has 0 saturated heterocycles. The second-order valence-corrected chi connectivity index (χ2v) is 4.44. The topological polar surface area (TPSA) is 66.4 Å². The van der Waals surface area contributed by atoms with Crippen LogP contribution in [-0.4, -0.2) is 17.0 Å². The summed E-state index contributed by atoms with van der Waals surface area (Å²) >= 11 is 5.75. The van der Waals surface area contributed by atoms with Crippen LogP contribution in [0.5, 0.6) is 0 Å². The first-order valence-electron chi connectivity index (χ1n) is 5.31. The molecule has 0 radical (unpaired) electrons. The van der Waals surface area contributed by atoms with Crippen LogP contribution in [0.3, 0.4) is 0 Å². The number of anilines is 1. The van der Waals surface area contributed by atoms with Gasteiger partial charge in [-0.3, -0.25) is 9.59 Å². The zero-order valence-electron chi connectivity index (χ0n) is 9.91. The number of benzene rings is 1.